The number of likely N-dealkylation sites (tertiary alicyclic amines) is 1. The second-order valence-electron chi connectivity index (χ2n) is 5.39. The normalized spacial score (nSPS) is 18.3. The van der Waals surface area contributed by atoms with Gasteiger partial charge in [0.1, 0.15) is 0 Å². The topological polar surface area (TPSA) is 16.1 Å². The Bertz CT molecular complexity index is 560. The van der Waals surface area contributed by atoms with Crippen LogP contribution in [0.4, 0.5) is 0 Å². The van der Waals surface area contributed by atoms with Gasteiger partial charge in [-0.25, -0.2) is 0 Å². The predicted molar refractivity (Wildman–Crippen MR) is 83.2 cm³/mol. The molecule has 2 heteroatoms. The van der Waals surface area contributed by atoms with Crippen LogP contribution in [0, 0.1) is 0 Å². The van der Waals surface area contributed by atoms with Crippen LogP contribution in [0.2, 0.25) is 0 Å². The minimum atomic E-state index is 1.05. The van der Waals surface area contributed by atoms with Crippen molar-refractivity contribution < 1.29 is 0 Å². The first-order chi connectivity index (χ1) is 9.90. The van der Waals surface area contributed by atoms with Gasteiger partial charge in [-0.05, 0) is 36.6 Å². The monoisotopic (exact) mass is 264 g/mol. The van der Waals surface area contributed by atoms with Crippen LogP contribution in [-0.4, -0.2) is 23.0 Å². The van der Waals surface area contributed by atoms with Crippen molar-refractivity contribution in [3.8, 4) is 0 Å². The lowest BCUT2D eigenvalue weighted by molar-refractivity contribution is 0.259. The van der Waals surface area contributed by atoms with Crippen molar-refractivity contribution in [1.29, 1.82) is 0 Å². The average Bonchev–Trinajstić information content (AvgIpc) is 2.50. The molecule has 1 aliphatic rings. The average molecular weight is 264 g/mol. The molecule has 2 aromatic rings. The van der Waals surface area contributed by atoms with Gasteiger partial charge in [0.05, 0.1) is 0 Å². The molecule has 0 saturated carbocycles. The summed E-state index contributed by atoms with van der Waals surface area (Å²) in [6.07, 6.45) is 8.51. The summed E-state index contributed by atoms with van der Waals surface area (Å²) < 4.78 is 0. The Hall–Kier alpha value is -1.93. The molecule has 1 aliphatic heterocycles. The van der Waals surface area contributed by atoms with E-state index in [2.05, 4.69) is 52.4 Å². The van der Waals surface area contributed by atoms with Gasteiger partial charge in [-0.2, -0.15) is 0 Å². The Labute approximate surface area is 120 Å². The third-order valence-corrected chi connectivity index (χ3v) is 3.70. The number of benzene rings is 1. The van der Waals surface area contributed by atoms with Gasteiger partial charge in [-0.1, -0.05) is 48.0 Å². The highest BCUT2D eigenvalue weighted by molar-refractivity contribution is 5.52. The van der Waals surface area contributed by atoms with E-state index in [4.69, 9.17) is 0 Å². The number of rotatable bonds is 3. The summed E-state index contributed by atoms with van der Waals surface area (Å²) >= 11 is 0. The van der Waals surface area contributed by atoms with Gasteiger partial charge >= 0.3 is 0 Å². The molecule has 1 fully saturated rings. The van der Waals surface area contributed by atoms with E-state index in [0.717, 1.165) is 13.1 Å². The van der Waals surface area contributed by atoms with Crippen LogP contribution < -0.4 is 0 Å². The molecule has 1 aromatic heterocycles. The first-order valence-corrected chi connectivity index (χ1v) is 7.26. The Balaban J connectivity index is 1.66. The highest BCUT2D eigenvalue weighted by Gasteiger charge is 2.14. The first-order valence-electron chi connectivity index (χ1n) is 7.26. The quantitative estimate of drug-likeness (QED) is 0.839. The summed E-state index contributed by atoms with van der Waals surface area (Å²) in [5.74, 6) is 0. The maximum atomic E-state index is 4.18. The predicted octanol–water partition coefficient (Wildman–Crippen LogP) is 3.76. The second kappa shape index (κ2) is 6.49. The maximum Gasteiger partial charge on any atom is 0.0340 e. The molecule has 0 amide bonds. The van der Waals surface area contributed by atoms with Crippen LogP contribution in [0.25, 0.3) is 6.08 Å². The van der Waals surface area contributed by atoms with Crippen LogP contribution >= 0.6 is 0 Å². The molecule has 0 N–H and O–H groups in total. The molecule has 0 spiro atoms. The summed E-state index contributed by atoms with van der Waals surface area (Å²) in [4.78, 5) is 6.71. The third-order valence-electron chi connectivity index (χ3n) is 3.70. The van der Waals surface area contributed by atoms with E-state index in [1.807, 2.05) is 18.5 Å². The largest absolute Gasteiger partial charge is 0.295 e. The molecule has 0 bridgehead atoms. The summed E-state index contributed by atoms with van der Waals surface area (Å²) in [7, 11) is 0. The summed E-state index contributed by atoms with van der Waals surface area (Å²) in [5, 5.41) is 0. The Kier molecular flexibility index (Phi) is 4.24. The highest BCUT2D eigenvalue weighted by atomic mass is 15.1. The van der Waals surface area contributed by atoms with E-state index in [1.54, 1.807) is 0 Å². The van der Waals surface area contributed by atoms with Crippen LogP contribution in [0.1, 0.15) is 24.0 Å². The molecule has 0 atom stereocenters. The lowest BCUT2D eigenvalue weighted by atomic mass is 10.0. The summed E-state index contributed by atoms with van der Waals surface area (Å²) in [5.41, 5.74) is 4.12. The molecule has 1 saturated heterocycles. The molecule has 0 aliphatic carbocycles. The maximum absolute atomic E-state index is 4.18. The molecule has 20 heavy (non-hydrogen) atoms. The number of hydrogen-bond donors (Lipinski definition) is 0. The first kappa shape index (κ1) is 13.1. The fourth-order valence-electron chi connectivity index (χ4n) is 2.77. The lowest BCUT2D eigenvalue weighted by Gasteiger charge is -2.28. The van der Waals surface area contributed by atoms with Crippen molar-refractivity contribution in [3.05, 3.63) is 71.6 Å². The molecule has 3 rings (SSSR count). The molecular formula is C18H20N2. The van der Waals surface area contributed by atoms with E-state index < -0.39 is 0 Å². The molecule has 102 valence electrons. The highest BCUT2D eigenvalue weighted by Crippen LogP contribution is 2.20. The van der Waals surface area contributed by atoms with Crippen molar-refractivity contribution >= 4 is 6.08 Å². The van der Waals surface area contributed by atoms with Crippen LogP contribution in [-0.2, 0) is 6.54 Å². The lowest BCUT2D eigenvalue weighted by Crippen LogP contribution is -2.30. The van der Waals surface area contributed by atoms with E-state index in [0.29, 0.717) is 0 Å². The minimum absolute atomic E-state index is 1.05. The smallest absolute Gasteiger partial charge is 0.0340 e. The van der Waals surface area contributed by atoms with Crippen molar-refractivity contribution in [2.75, 3.05) is 13.1 Å². The molecule has 1 aromatic carbocycles. The molecule has 0 unspecified atom stereocenters. The van der Waals surface area contributed by atoms with E-state index in [1.165, 1.54) is 36.1 Å². The van der Waals surface area contributed by atoms with Gasteiger partial charge in [-0.15, -0.1) is 0 Å². The number of aromatic nitrogens is 1. The Morgan fingerprint density at radius 1 is 1.10 bits per heavy atom. The zero-order valence-corrected chi connectivity index (χ0v) is 11.7. The van der Waals surface area contributed by atoms with Crippen molar-refractivity contribution in [2.45, 2.75) is 19.4 Å². The van der Waals surface area contributed by atoms with E-state index in [9.17, 15) is 0 Å². The van der Waals surface area contributed by atoms with Crippen LogP contribution in [0.15, 0.2) is 60.4 Å². The van der Waals surface area contributed by atoms with Crippen LogP contribution in [0.3, 0.4) is 0 Å². The number of hydrogen-bond acceptors (Lipinski definition) is 2. The van der Waals surface area contributed by atoms with Gasteiger partial charge in [-0.3, -0.25) is 9.88 Å². The fraction of sp³-hybridized carbons (Fsp3) is 0.278. The fourth-order valence-corrected chi connectivity index (χ4v) is 2.77. The summed E-state index contributed by atoms with van der Waals surface area (Å²) in [6, 6.07) is 14.8. The Morgan fingerprint density at radius 3 is 2.80 bits per heavy atom. The Morgan fingerprint density at radius 2 is 2.00 bits per heavy atom. The van der Waals surface area contributed by atoms with Crippen LogP contribution in [0.5, 0.6) is 0 Å². The number of pyridine rings is 1. The molecule has 0 radical (unpaired) electrons. The number of piperidine rings is 1. The number of nitrogens with zero attached hydrogens (tertiary/aromatic N) is 2. The van der Waals surface area contributed by atoms with Crippen molar-refractivity contribution in [2.24, 2.45) is 0 Å². The molecule has 2 nitrogen and oxygen atoms in total. The minimum Gasteiger partial charge on any atom is -0.295 e. The van der Waals surface area contributed by atoms with Gasteiger partial charge in [0.15, 0.2) is 0 Å². The van der Waals surface area contributed by atoms with E-state index in [-0.39, 0.29) is 0 Å². The van der Waals surface area contributed by atoms with Gasteiger partial charge < -0.3 is 0 Å². The van der Waals surface area contributed by atoms with Gasteiger partial charge in [0.2, 0.25) is 0 Å². The SMILES string of the molecule is C(=C1\CCCN(Cc2ccccc2)C1)/c1cccnc1. The van der Waals surface area contributed by atoms with Crippen molar-refractivity contribution in [3.63, 3.8) is 0 Å². The van der Waals surface area contributed by atoms with E-state index >= 15 is 0 Å². The van der Waals surface area contributed by atoms with Gasteiger partial charge in [0, 0.05) is 25.5 Å². The zero-order valence-electron chi connectivity index (χ0n) is 11.7. The van der Waals surface area contributed by atoms with Gasteiger partial charge in [0.25, 0.3) is 0 Å². The molecular weight excluding hydrogens is 244 g/mol. The standard InChI is InChI=1S/C18H20N2/c1-2-6-16(7-3-1)14-20-11-5-9-18(15-20)12-17-8-4-10-19-13-17/h1-4,6-8,10,12-13H,5,9,11,14-15H2/b18-12-. The molecule has 2 heterocycles. The zero-order chi connectivity index (χ0) is 13.6. The van der Waals surface area contributed by atoms with Crippen molar-refractivity contribution in [1.82, 2.24) is 9.88 Å². The summed E-state index contributed by atoms with van der Waals surface area (Å²) in [6.45, 7) is 3.31. The third kappa shape index (κ3) is 3.55. The second-order valence-corrected chi connectivity index (χ2v) is 5.39.